The lowest BCUT2D eigenvalue weighted by Crippen LogP contribution is -2.24. The fraction of sp³-hybridized carbons (Fsp3) is 0.125. The number of hydrogen-bond acceptors (Lipinski definition) is 2. The number of amides is 1. The van der Waals surface area contributed by atoms with E-state index in [1.54, 1.807) is 0 Å². The third kappa shape index (κ3) is 3.86. The van der Waals surface area contributed by atoms with E-state index in [0.717, 1.165) is 22.3 Å². The molecule has 0 aromatic heterocycles. The lowest BCUT2D eigenvalue weighted by molar-refractivity contribution is 0.0957. The van der Waals surface area contributed by atoms with Gasteiger partial charge in [-0.2, -0.15) is 0 Å². The fourth-order valence-electron chi connectivity index (χ4n) is 2.96. The number of fused-ring (bicyclic) bond motifs is 1. The minimum absolute atomic E-state index is 0.0927. The summed E-state index contributed by atoms with van der Waals surface area (Å²) in [6.45, 7) is 3.08. The van der Waals surface area contributed by atoms with Crippen LogP contribution in [-0.2, 0) is 0 Å². The first kappa shape index (κ1) is 16.9. The topological polar surface area (TPSA) is 38.3 Å². The van der Waals surface area contributed by atoms with Crippen molar-refractivity contribution < 1.29 is 9.53 Å². The Bertz CT molecular complexity index is 1040. The van der Waals surface area contributed by atoms with Gasteiger partial charge in [-0.05, 0) is 54.4 Å². The lowest BCUT2D eigenvalue weighted by Gasteiger charge is -2.08. The molecule has 0 spiro atoms. The van der Waals surface area contributed by atoms with E-state index in [0.29, 0.717) is 24.5 Å². The molecule has 3 nitrogen and oxygen atoms in total. The van der Waals surface area contributed by atoms with E-state index in [1.165, 1.54) is 5.56 Å². The van der Waals surface area contributed by atoms with E-state index < -0.39 is 0 Å². The van der Waals surface area contributed by atoms with Gasteiger partial charge in [0.15, 0.2) is 0 Å². The lowest BCUT2D eigenvalue weighted by atomic mass is 10.0. The fourth-order valence-corrected chi connectivity index (χ4v) is 2.96. The Hall–Kier alpha value is -3.51. The van der Waals surface area contributed by atoms with Crippen molar-refractivity contribution in [2.45, 2.75) is 6.92 Å². The van der Waals surface area contributed by atoms with Gasteiger partial charge in [0, 0.05) is 11.1 Å². The Balaban J connectivity index is 1.58. The molecule has 0 fully saturated rings. The molecule has 0 aliphatic carbocycles. The van der Waals surface area contributed by atoms with Gasteiger partial charge < -0.3 is 10.1 Å². The molecule has 27 heavy (non-hydrogen) atoms. The summed E-state index contributed by atoms with van der Waals surface area (Å²) in [5.41, 5.74) is 5.78. The normalized spacial score (nSPS) is 12.7. The van der Waals surface area contributed by atoms with E-state index in [-0.39, 0.29) is 5.91 Å². The molecule has 1 heterocycles. The molecule has 0 saturated heterocycles. The average Bonchev–Trinajstić information content (AvgIpc) is 2.89. The molecule has 0 bridgehead atoms. The third-order valence-corrected chi connectivity index (χ3v) is 4.49. The van der Waals surface area contributed by atoms with Gasteiger partial charge >= 0.3 is 0 Å². The summed E-state index contributed by atoms with van der Waals surface area (Å²) in [7, 11) is 0. The maximum absolute atomic E-state index is 12.2. The van der Waals surface area contributed by atoms with Crippen LogP contribution in [0.5, 0.6) is 5.75 Å². The van der Waals surface area contributed by atoms with Crippen molar-refractivity contribution in [3.05, 3.63) is 89.0 Å². The van der Waals surface area contributed by atoms with Crippen molar-refractivity contribution in [2.24, 2.45) is 0 Å². The molecule has 3 heteroatoms. The Kier molecular flexibility index (Phi) is 4.63. The zero-order valence-corrected chi connectivity index (χ0v) is 15.1. The molecule has 0 radical (unpaired) electrons. The summed E-state index contributed by atoms with van der Waals surface area (Å²) in [6.07, 6.45) is 0. The van der Waals surface area contributed by atoms with E-state index in [2.05, 4.69) is 36.2 Å². The van der Waals surface area contributed by atoms with Crippen LogP contribution >= 0.6 is 0 Å². The van der Waals surface area contributed by atoms with Crippen LogP contribution in [0, 0.1) is 18.8 Å². The minimum Gasteiger partial charge on any atom is -0.491 e. The zero-order valence-electron chi connectivity index (χ0n) is 15.1. The summed E-state index contributed by atoms with van der Waals surface area (Å²) in [5.74, 6) is 6.91. The Morgan fingerprint density at radius 2 is 1.48 bits per heavy atom. The third-order valence-electron chi connectivity index (χ3n) is 4.49. The number of ether oxygens (including phenoxy) is 1. The first-order valence-corrected chi connectivity index (χ1v) is 8.93. The number of nitrogens with one attached hydrogen (secondary N) is 1. The molecular weight excluding hydrogens is 334 g/mol. The largest absolute Gasteiger partial charge is 0.491 e. The van der Waals surface area contributed by atoms with E-state index in [4.69, 9.17) is 4.74 Å². The molecule has 4 rings (SSSR count). The highest BCUT2D eigenvalue weighted by Crippen LogP contribution is 2.28. The highest BCUT2D eigenvalue weighted by Gasteiger charge is 2.16. The predicted octanol–water partition coefficient (Wildman–Crippen LogP) is 4.18. The van der Waals surface area contributed by atoms with Crippen LogP contribution in [0.2, 0.25) is 0 Å². The number of benzene rings is 3. The molecule has 0 saturated carbocycles. The van der Waals surface area contributed by atoms with Gasteiger partial charge in [0.05, 0.1) is 12.1 Å². The second-order valence-electron chi connectivity index (χ2n) is 6.51. The molecule has 1 N–H and O–H groups in total. The van der Waals surface area contributed by atoms with Crippen molar-refractivity contribution in [3.63, 3.8) is 0 Å². The molecule has 1 aliphatic heterocycles. The van der Waals surface area contributed by atoms with Crippen LogP contribution in [0.3, 0.4) is 0 Å². The number of hydrogen-bond donors (Lipinski definition) is 1. The van der Waals surface area contributed by atoms with E-state index in [9.17, 15) is 4.79 Å². The highest BCUT2D eigenvalue weighted by atomic mass is 16.5. The van der Waals surface area contributed by atoms with Crippen LogP contribution in [-0.4, -0.2) is 19.1 Å². The number of carbonyl (C=O) groups excluding carboxylic acids is 1. The first-order valence-electron chi connectivity index (χ1n) is 8.93. The molecule has 0 unspecified atom stereocenters. The van der Waals surface area contributed by atoms with Crippen LogP contribution in [0.4, 0.5) is 0 Å². The summed E-state index contributed by atoms with van der Waals surface area (Å²) in [5, 5.41) is 2.84. The predicted molar refractivity (Wildman–Crippen MR) is 107 cm³/mol. The van der Waals surface area contributed by atoms with Gasteiger partial charge in [-0.15, -0.1) is 0 Å². The Labute approximate surface area is 159 Å². The second kappa shape index (κ2) is 7.39. The maximum Gasteiger partial charge on any atom is 0.255 e. The van der Waals surface area contributed by atoms with Crippen molar-refractivity contribution in [1.82, 2.24) is 5.32 Å². The smallest absolute Gasteiger partial charge is 0.255 e. The molecule has 0 atom stereocenters. The van der Waals surface area contributed by atoms with Crippen molar-refractivity contribution in [1.29, 1.82) is 0 Å². The molecular formula is C24H19NO2. The van der Waals surface area contributed by atoms with Gasteiger partial charge in [-0.3, -0.25) is 4.79 Å². The maximum atomic E-state index is 12.2. The quantitative estimate of drug-likeness (QED) is 0.667. The molecule has 1 aliphatic rings. The van der Waals surface area contributed by atoms with Gasteiger partial charge in [0.25, 0.3) is 5.91 Å². The van der Waals surface area contributed by atoms with Gasteiger partial charge in [0.2, 0.25) is 0 Å². The van der Waals surface area contributed by atoms with Gasteiger partial charge in [-0.25, -0.2) is 0 Å². The minimum atomic E-state index is -0.0927. The molecule has 3 aromatic rings. The van der Waals surface area contributed by atoms with Crippen molar-refractivity contribution >= 4 is 5.91 Å². The molecule has 1 amide bonds. The van der Waals surface area contributed by atoms with Crippen LogP contribution in [0.15, 0.2) is 66.7 Å². The zero-order chi connectivity index (χ0) is 18.6. The van der Waals surface area contributed by atoms with E-state index in [1.807, 2.05) is 54.6 Å². The Morgan fingerprint density at radius 3 is 2.19 bits per heavy atom. The van der Waals surface area contributed by atoms with Crippen molar-refractivity contribution in [3.8, 4) is 28.7 Å². The molecule has 132 valence electrons. The van der Waals surface area contributed by atoms with Crippen LogP contribution in [0.25, 0.3) is 11.1 Å². The van der Waals surface area contributed by atoms with Gasteiger partial charge in [-0.1, -0.05) is 47.7 Å². The summed E-state index contributed by atoms with van der Waals surface area (Å²) < 4.78 is 5.61. The average molecular weight is 353 g/mol. The SMILES string of the molecule is Cc1ccc(C#Cc2ccc(-c3ccc4c(c3)C(=O)NCCO4)cc2)cc1. The second-order valence-corrected chi connectivity index (χ2v) is 6.51. The number of aryl methyl sites for hydroxylation is 1. The summed E-state index contributed by atoms with van der Waals surface area (Å²) in [6, 6.07) is 21.9. The van der Waals surface area contributed by atoms with E-state index >= 15 is 0 Å². The monoisotopic (exact) mass is 353 g/mol. The summed E-state index contributed by atoms with van der Waals surface area (Å²) in [4.78, 5) is 12.2. The van der Waals surface area contributed by atoms with Crippen LogP contribution < -0.4 is 10.1 Å². The Morgan fingerprint density at radius 1 is 0.852 bits per heavy atom. The number of carbonyl (C=O) groups is 1. The standard InChI is InChI=1S/C24H19NO2/c1-17-2-4-18(5-3-17)6-7-19-8-10-20(11-9-19)21-12-13-23-22(16-21)24(26)25-14-15-27-23/h2-5,8-13,16H,14-15H2,1H3,(H,25,26). The summed E-state index contributed by atoms with van der Waals surface area (Å²) >= 11 is 0. The van der Waals surface area contributed by atoms with Crippen molar-refractivity contribution in [2.75, 3.05) is 13.2 Å². The van der Waals surface area contributed by atoms with Gasteiger partial charge in [0.1, 0.15) is 12.4 Å². The van der Waals surface area contributed by atoms with Crippen LogP contribution in [0.1, 0.15) is 27.0 Å². The molecule has 3 aromatic carbocycles. The highest BCUT2D eigenvalue weighted by molar-refractivity contribution is 5.98. The first-order chi connectivity index (χ1) is 13.2. The number of rotatable bonds is 1.